The van der Waals surface area contributed by atoms with Gasteiger partial charge in [-0.3, -0.25) is 0 Å². The number of anilines is 2. The topological polar surface area (TPSA) is 37.8 Å². The van der Waals surface area contributed by atoms with Crippen molar-refractivity contribution in [3.05, 3.63) is 47.1 Å². The smallest absolute Gasteiger partial charge is 0.339 e. The molecule has 0 radical (unpaired) electrons. The van der Waals surface area contributed by atoms with Gasteiger partial charge in [-0.25, -0.2) is 9.97 Å². The van der Waals surface area contributed by atoms with Crippen molar-refractivity contribution in [2.45, 2.75) is 13.1 Å². The van der Waals surface area contributed by atoms with E-state index in [2.05, 4.69) is 15.3 Å². The first kappa shape index (κ1) is 13.8. The van der Waals surface area contributed by atoms with Crippen LogP contribution in [0.15, 0.2) is 36.7 Å². The third-order valence-electron chi connectivity index (χ3n) is 2.94. The van der Waals surface area contributed by atoms with Gasteiger partial charge in [0, 0.05) is 4.88 Å². The molecule has 3 aromatic rings. The number of benzene rings is 1. The molecule has 7 heteroatoms. The van der Waals surface area contributed by atoms with Gasteiger partial charge in [-0.05, 0) is 25.1 Å². The molecule has 0 amide bonds. The van der Waals surface area contributed by atoms with Crippen LogP contribution in [0.1, 0.15) is 10.4 Å². The van der Waals surface area contributed by atoms with Crippen LogP contribution in [0.25, 0.3) is 10.2 Å². The van der Waals surface area contributed by atoms with E-state index in [1.165, 1.54) is 29.8 Å². The Morgan fingerprint density at radius 3 is 2.67 bits per heavy atom. The van der Waals surface area contributed by atoms with Gasteiger partial charge >= 0.3 is 6.18 Å². The number of halogens is 3. The summed E-state index contributed by atoms with van der Waals surface area (Å²) >= 11 is 1.47. The predicted molar refractivity (Wildman–Crippen MR) is 76.9 cm³/mol. The van der Waals surface area contributed by atoms with Crippen LogP contribution in [0.4, 0.5) is 24.7 Å². The molecule has 0 saturated heterocycles. The normalized spacial score (nSPS) is 11.8. The van der Waals surface area contributed by atoms with Crippen LogP contribution in [-0.2, 0) is 6.18 Å². The second-order valence-corrected chi connectivity index (χ2v) is 5.70. The van der Waals surface area contributed by atoms with Gasteiger partial charge < -0.3 is 5.32 Å². The highest BCUT2D eigenvalue weighted by atomic mass is 32.1. The summed E-state index contributed by atoms with van der Waals surface area (Å²) in [6.07, 6.45) is -3.07. The highest BCUT2D eigenvalue weighted by Crippen LogP contribution is 2.37. The maximum atomic E-state index is 13.0. The molecule has 2 aromatic heterocycles. The Bertz CT molecular complexity index is 796. The summed E-state index contributed by atoms with van der Waals surface area (Å²) in [4.78, 5) is 9.95. The molecule has 0 bridgehead atoms. The number of para-hydroxylation sites is 1. The maximum absolute atomic E-state index is 13.0. The molecule has 1 N–H and O–H groups in total. The first-order valence-corrected chi connectivity index (χ1v) is 6.91. The third kappa shape index (κ3) is 2.69. The molecule has 0 fully saturated rings. The lowest BCUT2D eigenvalue weighted by atomic mass is 10.1. The van der Waals surface area contributed by atoms with Crippen LogP contribution in [0.3, 0.4) is 0 Å². The van der Waals surface area contributed by atoms with Crippen LogP contribution in [0.5, 0.6) is 0 Å². The minimum absolute atomic E-state index is 0.0196. The average molecular weight is 309 g/mol. The second kappa shape index (κ2) is 5.00. The summed E-state index contributed by atoms with van der Waals surface area (Å²) < 4.78 is 39.0. The van der Waals surface area contributed by atoms with Crippen LogP contribution < -0.4 is 5.32 Å². The van der Waals surface area contributed by atoms with Gasteiger partial charge in [0.05, 0.1) is 16.6 Å². The summed E-state index contributed by atoms with van der Waals surface area (Å²) in [6, 6.07) is 7.20. The minimum Gasteiger partial charge on any atom is -0.339 e. The standard InChI is InChI=1S/C14H10F3N3S/c1-8-6-9-12(18-7-19-13(9)21-8)20-11-5-3-2-4-10(11)14(15,16)17/h2-7H,1H3,(H,18,19,20). The second-order valence-electron chi connectivity index (χ2n) is 4.47. The first-order valence-electron chi connectivity index (χ1n) is 6.09. The number of hydrogen-bond donors (Lipinski definition) is 1. The molecule has 3 nitrogen and oxygen atoms in total. The van der Waals surface area contributed by atoms with Crippen molar-refractivity contribution in [1.82, 2.24) is 9.97 Å². The van der Waals surface area contributed by atoms with E-state index in [1.807, 2.05) is 13.0 Å². The lowest BCUT2D eigenvalue weighted by Crippen LogP contribution is -2.09. The fraction of sp³-hybridized carbons (Fsp3) is 0.143. The minimum atomic E-state index is -4.42. The summed E-state index contributed by atoms with van der Waals surface area (Å²) in [5.41, 5.74) is -0.738. The molecular weight excluding hydrogens is 299 g/mol. The van der Waals surface area contributed by atoms with Crippen molar-refractivity contribution in [3.63, 3.8) is 0 Å². The van der Waals surface area contributed by atoms with Gasteiger partial charge in [0.25, 0.3) is 0 Å². The van der Waals surface area contributed by atoms with Crippen LogP contribution in [0.2, 0.25) is 0 Å². The van der Waals surface area contributed by atoms with Crippen LogP contribution in [-0.4, -0.2) is 9.97 Å². The van der Waals surface area contributed by atoms with Gasteiger partial charge in [-0.1, -0.05) is 12.1 Å². The Kier molecular flexibility index (Phi) is 3.29. The monoisotopic (exact) mass is 309 g/mol. The van der Waals surface area contributed by atoms with Gasteiger partial charge in [0.1, 0.15) is 17.0 Å². The van der Waals surface area contributed by atoms with Gasteiger partial charge in [0.15, 0.2) is 0 Å². The largest absolute Gasteiger partial charge is 0.418 e. The summed E-state index contributed by atoms with van der Waals surface area (Å²) in [6.45, 7) is 1.92. The fourth-order valence-electron chi connectivity index (χ4n) is 2.04. The number of aryl methyl sites for hydroxylation is 1. The average Bonchev–Trinajstić information content (AvgIpc) is 2.79. The Morgan fingerprint density at radius 2 is 1.90 bits per heavy atom. The lowest BCUT2D eigenvalue weighted by Gasteiger charge is -2.14. The van der Waals surface area contributed by atoms with Crippen molar-refractivity contribution in [1.29, 1.82) is 0 Å². The molecule has 0 aliphatic rings. The number of nitrogens with zero attached hydrogens (tertiary/aromatic N) is 2. The van der Waals surface area contributed by atoms with Crippen molar-refractivity contribution in [3.8, 4) is 0 Å². The van der Waals surface area contributed by atoms with E-state index >= 15 is 0 Å². The number of alkyl halides is 3. The van der Waals surface area contributed by atoms with E-state index < -0.39 is 11.7 Å². The highest BCUT2D eigenvalue weighted by molar-refractivity contribution is 7.18. The van der Waals surface area contributed by atoms with E-state index in [0.717, 1.165) is 21.2 Å². The van der Waals surface area contributed by atoms with E-state index in [1.54, 1.807) is 6.07 Å². The van der Waals surface area contributed by atoms with Crippen molar-refractivity contribution in [2.24, 2.45) is 0 Å². The molecule has 2 heterocycles. The summed E-state index contributed by atoms with van der Waals surface area (Å²) in [5, 5.41) is 3.49. The predicted octanol–water partition coefficient (Wildman–Crippen LogP) is 4.76. The van der Waals surface area contributed by atoms with Crippen molar-refractivity contribution < 1.29 is 13.2 Å². The van der Waals surface area contributed by atoms with E-state index in [4.69, 9.17) is 0 Å². The Labute approximate surface area is 122 Å². The Morgan fingerprint density at radius 1 is 1.14 bits per heavy atom. The zero-order valence-corrected chi connectivity index (χ0v) is 11.7. The number of rotatable bonds is 2. The molecular formula is C14H10F3N3S. The number of hydrogen-bond acceptors (Lipinski definition) is 4. The maximum Gasteiger partial charge on any atom is 0.418 e. The van der Waals surface area contributed by atoms with Gasteiger partial charge in [-0.15, -0.1) is 11.3 Å². The first-order chi connectivity index (χ1) is 9.95. The molecule has 0 atom stereocenters. The van der Waals surface area contributed by atoms with Crippen molar-refractivity contribution >= 4 is 33.1 Å². The molecule has 0 unspecified atom stereocenters. The molecule has 0 spiro atoms. The number of nitrogens with one attached hydrogen (secondary N) is 1. The zero-order chi connectivity index (χ0) is 15.0. The SMILES string of the molecule is Cc1cc2c(Nc3ccccc3C(F)(F)F)ncnc2s1. The zero-order valence-electron chi connectivity index (χ0n) is 10.9. The fourth-order valence-corrected chi connectivity index (χ4v) is 2.89. The third-order valence-corrected chi connectivity index (χ3v) is 3.90. The molecule has 0 aliphatic heterocycles. The quantitative estimate of drug-likeness (QED) is 0.741. The summed E-state index contributed by atoms with van der Waals surface area (Å²) in [5.74, 6) is 0.376. The molecule has 108 valence electrons. The molecule has 1 aromatic carbocycles. The number of thiophene rings is 1. The highest BCUT2D eigenvalue weighted by Gasteiger charge is 2.33. The Balaban J connectivity index is 2.07. The van der Waals surface area contributed by atoms with Gasteiger partial charge in [-0.2, -0.15) is 13.2 Å². The van der Waals surface area contributed by atoms with Crippen molar-refractivity contribution in [2.75, 3.05) is 5.32 Å². The summed E-state index contributed by atoms with van der Waals surface area (Å²) in [7, 11) is 0. The Hall–Kier alpha value is -2.15. The van der Waals surface area contributed by atoms with Crippen LogP contribution >= 0.6 is 11.3 Å². The van der Waals surface area contributed by atoms with Gasteiger partial charge in [0.2, 0.25) is 0 Å². The molecule has 0 aliphatic carbocycles. The molecule has 3 rings (SSSR count). The molecule has 21 heavy (non-hydrogen) atoms. The number of aromatic nitrogens is 2. The molecule has 0 saturated carbocycles. The number of fused-ring (bicyclic) bond motifs is 1. The van der Waals surface area contributed by atoms with E-state index in [-0.39, 0.29) is 5.69 Å². The van der Waals surface area contributed by atoms with E-state index in [9.17, 15) is 13.2 Å². The lowest BCUT2D eigenvalue weighted by molar-refractivity contribution is -0.136. The van der Waals surface area contributed by atoms with Crippen LogP contribution in [0, 0.1) is 6.92 Å². The van der Waals surface area contributed by atoms with E-state index in [0.29, 0.717) is 5.82 Å².